The van der Waals surface area contributed by atoms with E-state index in [0.717, 1.165) is 17.7 Å². The summed E-state index contributed by atoms with van der Waals surface area (Å²) in [5.41, 5.74) is 3.00. The van der Waals surface area contributed by atoms with Gasteiger partial charge in [-0.25, -0.2) is 0 Å². The van der Waals surface area contributed by atoms with E-state index in [0.29, 0.717) is 18.0 Å². The Hall–Kier alpha value is -1.97. The van der Waals surface area contributed by atoms with Crippen molar-refractivity contribution in [3.8, 4) is 0 Å². The summed E-state index contributed by atoms with van der Waals surface area (Å²) in [5, 5.41) is 3.44. The number of nitrogens with one attached hydrogen (secondary N) is 1. The van der Waals surface area contributed by atoms with Gasteiger partial charge in [0, 0.05) is 12.0 Å². The normalized spacial score (nSPS) is 22.6. The first-order valence-electron chi connectivity index (χ1n) is 7.84. The van der Waals surface area contributed by atoms with Crippen LogP contribution in [0.25, 0.3) is 11.1 Å². The van der Waals surface area contributed by atoms with Gasteiger partial charge in [-0.15, -0.1) is 0 Å². The van der Waals surface area contributed by atoms with Crippen molar-refractivity contribution in [1.82, 2.24) is 4.98 Å². The van der Waals surface area contributed by atoms with Crippen LogP contribution in [0.3, 0.4) is 0 Å². The fourth-order valence-corrected chi connectivity index (χ4v) is 3.23. The number of hydrogen-bond donors (Lipinski definition) is 1. The maximum absolute atomic E-state index is 5.82. The highest BCUT2D eigenvalue weighted by atomic mass is 16.5. The molecule has 1 unspecified atom stereocenters. The topological polar surface area (TPSA) is 47.3 Å². The first-order chi connectivity index (χ1) is 10.4. The molecule has 1 aliphatic carbocycles. The molecule has 1 aromatic carbocycles. The second kappa shape index (κ2) is 5.43. The third-order valence-corrected chi connectivity index (χ3v) is 4.46. The van der Waals surface area contributed by atoms with Crippen molar-refractivity contribution >= 4 is 17.1 Å². The predicted molar refractivity (Wildman–Crippen MR) is 82.3 cm³/mol. The van der Waals surface area contributed by atoms with Gasteiger partial charge < -0.3 is 14.5 Å². The van der Waals surface area contributed by atoms with Crippen molar-refractivity contribution < 1.29 is 9.15 Å². The average molecular weight is 284 g/mol. The number of benzene rings is 1. The van der Waals surface area contributed by atoms with E-state index in [2.05, 4.69) is 28.5 Å². The maximum Gasteiger partial charge on any atom is 0.295 e. The number of ether oxygens (including phenoxy) is 1. The van der Waals surface area contributed by atoms with Crippen LogP contribution in [0, 0.1) is 0 Å². The van der Waals surface area contributed by atoms with E-state index in [1.807, 2.05) is 6.07 Å². The van der Waals surface area contributed by atoms with E-state index in [9.17, 15) is 0 Å². The SMILES string of the molecule is C1=CC(c2ccc3oc(NC4CCCCC4)nc3c2)CO1. The summed E-state index contributed by atoms with van der Waals surface area (Å²) in [5.74, 6) is 0.334. The van der Waals surface area contributed by atoms with Gasteiger partial charge in [0.15, 0.2) is 5.58 Å². The third-order valence-electron chi connectivity index (χ3n) is 4.46. The summed E-state index contributed by atoms with van der Waals surface area (Å²) in [6.45, 7) is 0.719. The lowest BCUT2D eigenvalue weighted by molar-refractivity contribution is 0.269. The van der Waals surface area contributed by atoms with Crippen LogP contribution in [-0.2, 0) is 4.74 Å². The Morgan fingerprint density at radius 2 is 2.05 bits per heavy atom. The van der Waals surface area contributed by atoms with E-state index in [1.165, 1.54) is 37.7 Å². The standard InChI is InChI=1S/C17H20N2O2/c1-2-4-14(5-3-1)18-17-19-15-10-12(6-7-16(15)21-17)13-8-9-20-11-13/h6-10,13-14H,1-5,11H2,(H,18,19). The van der Waals surface area contributed by atoms with E-state index >= 15 is 0 Å². The van der Waals surface area contributed by atoms with E-state index in [-0.39, 0.29) is 0 Å². The molecule has 4 heteroatoms. The Balaban J connectivity index is 1.55. The monoisotopic (exact) mass is 284 g/mol. The summed E-state index contributed by atoms with van der Waals surface area (Å²) < 4.78 is 11.1. The number of oxazole rings is 1. The molecule has 4 rings (SSSR count). The minimum Gasteiger partial charge on any atom is -0.501 e. The van der Waals surface area contributed by atoms with Crippen LogP contribution in [-0.4, -0.2) is 17.6 Å². The molecule has 0 amide bonds. The first-order valence-corrected chi connectivity index (χ1v) is 7.84. The summed E-state index contributed by atoms with van der Waals surface area (Å²) in [6.07, 6.45) is 10.2. The van der Waals surface area contributed by atoms with Crippen LogP contribution in [0.1, 0.15) is 43.6 Å². The van der Waals surface area contributed by atoms with Crippen LogP contribution < -0.4 is 5.32 Å². The summed E-state index contributed by atoms with van der Waals surface area (Å²) in [6, 6.07) is 7.39. The molecule has 0 spiro atoms. The molecule has 4 nitrogen and oxygen atoms in total. The van der Waals surface area contributed by atoms with Crippen molar-refractivity contribution in [2.45, 2.75) is 44.1 Å². The second-order valence-corrected chi connectivity index (χ2v) is 5.99. The zero-order chi connectivity index (χ0) is 14.1. The Labute approximate surface area is 124 Å². The highest BCUT2D eigenvalue weighted by Crippen LogP contribution is 2.28. The maximum atomic E-state index is 5.82. The minimum absolute atomic E-state index is 0.334. The number of hydrogen-bond acceptors (Lipinski definition) is 4. The minimum atomic E-state index is 0.334. The highest BCUT2D eigenvalue weighted by molar-refractivity contribution is 5.75. The van der Waals surface area contributed by atoms with E-state index < -0.39 is 0 Å². The van der Waals surface area contributed by atoms with E-state index in [1.54, 1.807) is 6.26 Å². The van der Waals surface area contributed by atoms with Gasteiger partial charge in [0.25, 0.3) is 6.01 Å². The van der Waals surface area contributed by atoms with Gasteiger partial charge in [0.2, 0.25) is 0 Å². The van der Waals surface area contributed by atoms with Crippen molar-refractivity contribution in [3.63, 3.8) is 0 Å². The molecule has 1 atom stereocenters. The Morgan fingerprint density at radius 1 is 1.14 bits per heavy atom. The smallest absolute Gasteiger partial charge is 0.295 e. The highest BCUT2D eigenvalue weighted by Gasteiger charge is 2.17. The molecule has 2 heterocycles. The van der Waals surface area contributed by atoms with Crippen molar-refractivity contribution in [1.29, 1.82) is 0 Å². The Morgan fingerprint density at radius 3 is 2.86 bits per heavy atom. The molecule has 0 radical (unpaired) electrons. The van der Waals surface area contributed by atoms with Crippen molar-refractivity contribution in [2.24, 2.45) is 0 Å². The summed E-state index contributed by atoms with van der Waals surface area (Å²) >= 11 is 0. The van der Waals surface area contributed by atoms with Crippen LogP contribution in [0.5, 0.6) is 0 Å². The molecule has 110 valence electrons. The van der Waals surface area contributed by atoms with Crippen LogP contribution in [0.15, 0.2) is 35.0 Å². The third kappa shape index (κ3) is 2.62. The number of nitrogens with zero attached hydrogens (tertiary/aromatic N) is 1. The number of fused-ring (bicyclic) bond motifs is 1. The molecule has 1 saturated carbocycles. The number of rotatable bonds is 3. The molecular weight excluding hydrogens is 264 g/mol. The molecule has 0 saturated heterocycles. The fourth-order valence-electron chi connectivity index (χ4n) is 3.23. The van der Waals surface area contributed by atoms with Gasteiger partial charge in [0.1, 0.15) is 5.52 Å². The predicted octanol–water partition coefficient (Wildman–Crippen LogP) is 4.20. The Kier molecular flexibility index (Phi) is 3.30. The lowest BCUT2D eigenvalue weighted by Crippen LogP contribution is -2.22. The molecule has 1 aliphatic heterocycles. The lowest BCUT2D eigenvalue weighted by Gasteiger charge is -2.21. The lowest BCUT2D eigenvalue weighted by atomic mass is 9.96. The summed E-state index contributed by atoms with van der Waals surface area (Å²) in [7, 11) is 0. The van der Waals surface area contributed by atoms with Gasteiger partial charge in [-0.2, -0.15) is 4.98 Å². The first kappa shape index (κ1) is 12.7. The second-order valence-electron chi connectivity index (χ2n) is 5.99. The largest absolute Gasteiger partial charge is 0.501 e. The molecule has 1 N–H and O–H groups in total. The van der Waals surface area contributed by atoms with Gasteiger partial charge in [-0.05, 0) is 36.6 Å². The van der Waals surface area contributed by atoms with Gasteiger partial charge in [-0.3, -0.25) is 0 Å². The van der Waals surface area contributed by atoms with Gasteiger partial charge in [-0.1, -0.05) is 25.3 Å². The Bertz CT molecular complexity index is 656. The van der Waals surface area contributed by atoms with Crippen LogP contribution in [0.4, 0.5) is 6.01 Å². The molecule has 2 aliphatic rings. The number of anilines is 1. The molecule has 1 fully saturated rings. The molecular formula is C17H20N2O2. The zero-order valence-electron chi connectivity index (χ0n) is 12.0. The van der Waals surface area contributed by atoms with Gasteiger partial charge >= 0.3 is 0 Å². The molecule has 1 aromatic heterocycles. The number of aromatic nitrogens is 1. The van der Waals surface area contributed by atoms with Crippen molar-refractivity contribution in [2.75, 3.05) is 11.9 Å². The fraction of sp³-hybridized carbons (Fsp3) is 0.471. The molecule has 0 bridgehead atoms. The van der Waals surface area contributed by atoms with Crippen LogP contribution >= 0.6 is 0 Å². The van der Waals surface area contributed by atoms with E-state index in [4.69, 9.17) is 9.15 Å². The molecule has 2 aromatic rings. The average Bonchev–Trinajstić information content (AvgIpc) is 3.16. The van der Waals surface area contributed by atoms with Crippen molar-refractivity contribution in [3.05, 3.63) is 36.1 Å². The molecule has 21 heavy (non-hydrogen) atoms. The van der Waals surface area contributed by atoms with Gasteiger partial charge in [0.05, 0.1) is 12.9 Å². The van der Waals surface area contributed by atoms with Crippen LogP contribution in [0.2, 0.25) is 0 Å². The summed E-state index contributed by atoms with van der Waals surface area (Å²) in [4.78, 5) is 4.60. The zero-order valence-corrected chi connectivity index (χ0v) is 12.0. The quantitative estimate of drug-likeness (QED) is 0.917.